The van der Waals surface area contributed by atoms with E-state index in [1.165, 1.54) is 11.4 Å². The summed E-state index contributed by atoms with van der Waals surface area (Å²) in [5.41, 5.74) is 3.59. The van der Waals surface area contributed by atoms with E-state index in [1.54, 1.807) is 18.6 Å². The molecule has 1 aromatic carbocycles. The third-order valence-electron chi connectivity index (χ3n) is 8.38. The van der Waals surface area contributed by atoms with Crippen LogP contribution in [0.5, 0.6) is 0 Å². The van der Waals surface area contributed by atoms with Gasteiger partial charge in [0, 0.05) is 83.1 Å². The van der Waals surface area contributed by atoms with Crippen molar-refractivity contribution in [2.75, 3.05) is 48.9 Å². The standard InChI is InChI=1S/C31H38N8O2S/c1-31(40)19-38(20-31)25-13-15-37(16-14-25)24-11-9-23(10-12-24)33-30-32-18-22-17-26(21-7-8-21)39(29(22)35-30)28-6-4-5-27(34-28)36-42(2,3)41/h4-6,9-12,17-18,21,25,40H,7-8,13-16,19-20H2,1-3H3,(H,32,33,35). The molecule has 7 rings (SSSR count). The normalized spacial score (nSPS) is 19.6. The summed E-state index contributed by atoms with van der Waals surface area (Å²) in [5.74, 6) is 2.16. The lowest BCUT2D eigenvalue weighted by Gasteiger charge is -2.50. The molecule has 0 amide bonds. The van der Waals surface area contributed by atoms with Gasteiger partial charge in [0.15, 0.2) is 11.5 Å². The smallest absolute Gasteiger partial charge is 0.229 e. The van der Waals surface area contributed by atoms with E-state index < -0.39 is 15.3 Å². The van der Waals surface area contributed by atoms with Gasteiger partial charge in [0.05, 0.1) is 5.60 Å². The summed E-state index contributed by atoms with van der Waals surface area (Å²) >= 11 is 0. The fourth-order valence-electron chi connectivity index (χ4n) is 6.26. The molecule has 1 aliphatic carbocycles. The number of pyridine rings is 1. The van der Waals surface area contributed by atoms with E-state index in [4.69, 9.17) is 9.97 Å². The SMILES string of the molecule is CC1(O)CN(C2CCN(c3ccc(Nc4ncc5cc(C6CC6)n(-c6cccc(N=S(C)(C)=O)n6)c5n4)cc3)CC2)C1. The maximum atomic E-state index is 12.3. The summed E-state index contributed by atoms with van der Waals surface area (Å²) < 4.78 is 18.7. The number of aliphatic hydroxyl groups is 1. The van der Waals surface area contributed by atoms with Gasteiger partial charge in [0.25, 0.3) is 0 Å². The Hall–Kier alpha value is -3.54. The number of likely N-dealkylation sites (tertiary alicyclic amines) is 1. The van der Waals surface area contributed by atoms with Crippen molar-refractivity contribution in [1.82, 2.24) is 24.4 Å². The molecule has 0 spiro atoms. The molecule has 0 bridgehead atoms. The number of anilines is 3. The lowest BCUT2D eigenvalue weighted by Crippen LogP contribution is -2.64. The van der Waals surface area contributed by atoms with E-state index in [9.17, 15) is 9.32 Å². The van der Waals surface area contributed by atoms with E-state index in [1.807, 2.05) is 25.3 Å². The second kappa shape index (κ2) is 10.3. The van der Waals surface area contributed by atoms with Crippen LogP contribution in [0, 0.1) is 0 Å². The molecule has 2 aliphatic heterocycles. The summed E-state index contributed by atoms with van der Waals surface area (Å²) in [7, 11) is -2.33. The van der Waals surface area contributed by atoms with E-state index in [0.717, 1.165) is 68.6 Å². The van der Waals surface area contributed by atoms with Crippen molar-refractivity contribution in [3.63, 3.8) is 0 Å². The highest BCUT2D eigenvalue weighted by Crippen LogP contribution is 2.43. The average Bonchev–Trinajstić information content (AvgIpc) is 3.72. The first-order valence-corrected chi connectivity index (χ1v) is 17.0. The quantitative estimate of drug-likeness (QED) is 0.317. The Morgan fingerprint density at radius 1 is 1.02 bits per heavy atom. The Morgan fingerprint density at radius 2 is 1.76 bits per heavy atom. The number of β-amino-alcohol motifs (C(OH)–C–C–N with tert-alkyl or cyclic N) is 1. The van der Waals surface area contributed by atoms with Crippen LogP contribution in [0.25, 0.3) is 16.9 Å². The molecule has 0 atom stereocenters. The number of rotatable bonds is 7. The molecule has 4 aromatic rings. The minimum atomic E-state index is -2.33. The zero-order valence-corrected chi connectivity index (χ0v) is 25.2. The zero-order valence-electron chi connectivity index (χ0n) is 24.4. The van der Waals surface area contributed by atoms with E-state index in [2.05, 4.69) is 59.4 Å². The van der Waals surface area contributed by atoms with Crippen LogP contribution in [0.4, 0.5) is 23.1 Å². The Bertz CT molecular complexity index is 1730. The van der Waals surface area contributed by atoms with Gasteiger partial charge in [-0.25, -0.2) is 14.2 Å². The first-order chi connectivity index (χ1) is 20.1. The first-order valence-electron chi connectivity index (χ1n) is 14.7. The van der Waals surface area contributed by atoms with Gasteiger partial charge in [-0.15, -0.1) is 0 Å². The zero-order chi connectivity index (χ0) is 29.1. The van der Waals surface area contributed by atoms with Crippen LogP contribution in [-0.2, 0) is 9.73 Å². The number of hydrogen-bond acceptors (Lipinski definition) is 9. The van der Waals surface area contributed by atoms with Gasteiger partial charge >= 0.3 is 0 Å². The predicted molar refractivity (Wildman–Crippen MR) is 168 cm³/mol. The first kappa shape index (κ1) is 27.3. The van der Waals surface area contributed by atoms with Gasteiger partial charge in [-0.1, -0.05) is 6.07 Å². The van der Waals surface area contributed by atoms with Crippen molar-refractivity contribution in [1.29, 1.82) is 0 Å². The number of nitrogens with one attached hydrogen (secondary N) is 1. The van der Waals surface area contributed by atoms with Gasteiger partial charge in [-0.2, -0.15) is 9.35 Å². The van der Waals surface area contributed by atoms with Crippen molar-refractivity contribution >= 4 is 43.9 Å². The fraction of sp³-hybridized carbons (Fsp3) is 0.452. The molecule has 0 radical (unpaired) electrons. The van der Waals surface area contributed by atoms with E-state index >= 15 is 0 Å². The van der Waals surface area contributed by atoms with Crippen molar-refractivity contribution in [2.45, 2.75) is 50.2 Å². The average molecular weight is 587 g/mol. The molecule has 0 unspecified atom stereocenters. The van der Waals surface area contributed by atoms with Crippen LogP contribution in [0.2, 0.25) is 0 Å². The van der Waals surface area contributed by atoms with Gasteiger partial charge in [-0.05, 0) is 81.0 Å². The molecular formula is C31H38N8O2S. The van der Waals surface area contributed by atoms with Crippen molar-refractivity contribution in [2.24, 2.45) is 4.36 Å². The number of hydrogen-bond donors (Lipinski definition) is 2. The van der Waals surface area contributed by atoms with Crippen LogP contribution in [-0.4, -0.2) is 84.1 Å². The number of aromatic nitrogens is 4. The summed E-state index contributed by atoms with van der Waals surface area (Å²) in [6, 6.07) is 16.8. The van der Waals surface area contributed by atoms with Gasteiger partial charge in [-0.3, -0.25) is 9.47 Å². The molecule has 2 saturated heterocycles. The third-order valence-corrected chi connectivity index (χ3v) is 9.01. The number of piperidine rings is 1. The Morgan fingerprint density at radius 3 is 2.43 bits per heavy atom. The van der Waals surface area contributed by atoms with Crippen LogP contribution >= 0.6 is 0 Å². The number of benzene rings is 1. The molecule has 3 aliphatic rings. The topological polar surface area (TPSA) is 112 Å². The van der Waals surface area contributed by atoms with Crippen molar-refractivity contribution in [3.8, 4) is 5.82 Å². The summed E-state index contributed by atoms with van der Waals surface area (Å²) in [4.78, 5) is 19.1. The molecule has 5 heterocycles. The maximum absolute atomic E-state index is 12.3. The Balaban J connectivity index is 1.09. The van der Waals surface area contributed by atoms with Crippen molar-refractivity contribution < 1.29 is 9.32 Å². The van der Waals surface area contributed by atoms with Crippen molar-refractivity contribution in [3.05, 3.63) is 60.4 Å². The molecular weight excluding hydrogens is 548 g/mol. The second-order valence-corrected chi connectivity index (χ2v) is 15.1. The fourth-order valence-corrected chi connectivity index (χ4v) is 6.82. The van der Waals surface area contributed by atoms with Gasteiger partial charge in [0.2, 0.25) is 5.95 Å². The summed E-state index contributed by atoms with van der Waals surface area (Å²) in [5, 5.41) is 14.4. The number of nitrogens with zero attached hydrogens (tertiary/aromatic N) is 7. The third kappa shape index (κ3) is 5.73. The highest BCUT2D eigenvalue weighted by molar-refractivity contribution is 7.92. The minimum absolute atomic E-state index is 0.455. The monoisotopic (exact) mass is 586 g/mol. The van der Waals surface area contributed by atoms with Crippen LogP contribution in [0.3, 0.4) is 0 Å². The molecule has 2 N–H and O–H groups in total. The van der Waals surface area contributed by atoms with E-state index in [0.29, 0.717) is 29.5 Å². The maximum Gasteiger partial charge on any atom is 0.229 e. The van der Waals surface area contributed by atoms with Crippen LogP contribution in [0.1, 0.15) is 44.2 Å². The highest BCUT2D eigenvalue weighted by atomic mass is 32.2. The molecule has 42 heavy (non-hydrogen) atoms. The molecule has 220 valence electrons. The molecule has 3 fully saturated rings. The Kier molecular flexibility index (Phi) is 6.71. The summed E-state index contributed by atoms with van der Waals surface area (Å²) in [6.07, 6.45) is 9.61. The lowest BCUT2D eigenvalue weighted by atomic mass is 9.91. The number of fused-ring (bicyclic) bond motifs is 1. The lowest BCUT2D eigenvalue weighted by molar-refractivity contribution is -0.105. The van der Waals surface area contributed by atoms with E-state index in [-0.39, 0.29) is 0 Å². The minimum Gasteiger partial charge on any atom is -0.388 e. The highest BCUT2D eigenvalue weighted by Gasteiger charge is 2.41. The largest absolute Gasteiger partial charge is 0.388 e. The molecule has 3 aromatic heterocycles. The van der Waals surface area contributed by atoms with Gasteiger partial charge < -0.3 is 15.3 Å². The Labute approximate surface area is 247 Å². The molecule has 1 saturated carbocycles. The molecule has 11 heteroatoms. The van der Waals surface area contributed by atoms with Crippen LogP contribution in [0.15, 0.2) is 59.1 Å². The predicted octanol–water partition coefficient (Wildman–Crippen LogP) is 4.83. The molecule has 10 nitrogen and oxygen atoms in total. The van der Waals surface area contributed by atoms with Gasteiger partial charge in [0.1, 0.15) is 5.82 Å². The van der Waals surface area contributed by atoms with Crippen LogP contribution < -0.4 is 10.2 Å². The second-order valence-electron chi connectivity index (χ2n) is 12.6. The summed E-state index contributed by atoms with van der Waals surface area (Å²) in [6.45, 7) is 5.54.